The molecule has 31 heavy (non-hydrogen) atoms. The fourth-order valence-corrected chi connectivity index (χ4v) is 4.63. The molecule has 1 amide bonds. The number of hydrogen-bond donors (Lipinski definition) is 1. The van der Waals surface area contributed by atoms with Gasteiger partial charge in [0.15, 0.2) is 6.61 Å². The number of nitrogens with one attached hydrogen (secondary N) is 1. The summed E-state index contributed by atoms with van der Waals surface area (Å²) in [5, 5.41) is 0. The Balaban J connectivity index is 1.54. The molecule has 0 radical (unpaired) electrons. The second-order valence-corrected chi connectivity index (χ2v) is 9.20. The number of halogens is 1. The zero-order valence-electron chi connectivity index (χ0n) is 17.8. The van der Waals surface area contributed by atoms with E-state index in [0.717, 1.165) is 0 Å². The van der Waals surface area contributed by atoms with Gasteiger partial charge in [0.25, 0.3) is 5.91 Å². The molecule has 2 aromatic rings. The van der Waals surface area contributed by atoms with E-state index in [4.69, 9.17) is 4.74 Å². The van der Waals surface area contributed by atoms with Crippen LogP contribution in [0.4, 0.5) is 10.1 Å². The molecule has 9 heteroatoms. The molecule has 0 atom stereocenters. The van der Waals surface area contributed by atoms with Crippen LogP contribution in [0.1, 0.15) is 18.9 Å². The Hall–Kier alpha value is -2.65. The predicted octanol–water partition coefficient (Wildman–Crippen LogP) is 2.55. The highest BCUT2D eigenvalue weighted by Crippen LogP contribution is 2.23. The molecule has 3 rings (SSSR count). The molecule has 1 aliphatic heterocycles. The molecule has 0 bridgehead atoms. The normalized spacial score (nSPS) is 14.5. The number of amides is 1. The van der Waals surface area contributed by atoms with Crippen molar-refractivity contribution in [2.75, 3.05) is 44.2 Å². The Morgan fingerprint density at radius 3 is 2.48 bits per heavy atom. The summed E-state index contributed by atoms with van der Waals surface area (Å²) in [5.41, 5.74) is 1.18. The first-order valence-electron chi connectivity index (χ1n) is 10.3. The van der Waals surface area contributed by atoms with E-state index < -0.39 is 10.0 Å². The highest BCUT2D eigenvalue weighted by atomic mass is 32.2. The third-order valence-corrected chi connectivity index (χ3v) is 6.63. The Labute approximate surface area is 182 Å². The minimum absolute atomic E-state index is 0.138. The zero-order chi connectivity index (χ0) is 22.4. The van der Waals surface area contributed by atoms with Gasteiger partial charge in [-0.05, 0) is 49.2 Å². The van der Waals surface area contributed by atoms with Gasteiger partial charge < -0.3 is 14.5 Å². The van der Waals surface area contributed by atoms with E-state index in [9.17, 15) is 17.6 Å². The van der Waals surface area contributed by atoms with Crippen LogP contribution in [0.3, 0.4) is 0 Å². The van der Waals surface area contributed by atoms with Crippen LogP contribution in [0, 0.1) is 12.7 Å². The third kappa shape index (κ3) is 5.74. The van der Waals surface area contributed by atoms with Crippen LogP contribution in [0.5, 0.6) is 5.75 Å². The van der Waals surface area contributed by atoms with Gasteiger partial charge in [-0.1, -0.05) is 19.1 Å². The number of carbonyl (C=O) groups excluding carboxylic acids is 1. The first kappa shape index (κ1) is 23.0. The number of nitrogens with zero attached hydrogens (tertiary/aromatic N) is 2. The molecule has 1 aliphatic rings. The maximum atomic E-state index is 14.0. The monoisotopic (exact) mass is 449 g/mol. The fraction of sp³-hybridized carbons (Fsp3) is 0.409. The Morgan fingerprint density at radius 1 is 1.13 bits per heavy atom. The number of para-hydroxylation sites is 1. The minimum atomic E-state index is -3.55. The van der Waals surface area contributed by atoms with Gasteiger partial charge in [0, 0.05) is 32.7 Å². The van der Waals surface area contributed by atoms with Gasteiger partial charge in [0.2, 0.25) is 10.0 Å². The highest BCUT2D eigenvalue weighted by molar-refractivity contribution is 7.89. The van der Waals surface area contributed by atoms with Gasteiger partial charge in [-0.25, -0.2) is 17.5 Å². The number of piperazine rings is 1. The van der Waals surface area contributed by atoms with E-state index in [1.807, 2.05) is 11.8 Å². The molecular formula is C22H28FN3O4S. The molecule has 168 valence electrons. The maximum Gasteiger partial charge on any atom is 0.260 e. The first-order chi connectivity index (χ1) is 14.8. The molecule has 1 heterocycles. The van der Waals surface area contributed by atoms with Crippen molar-refractivity contribution in [3.63, 3.8) is 0 Å². The van der Waals surface area contributed by atoms with Crippen molar-refractivity contribution in [3.05, 3.63) is 53.8 Å². The average molecular weight is 450 g/mol. The maximum absolute atomic E-state index is 14.0. The number of carbonyl (C=O) groups is 1. The number of anilines is 1. The molecule has 1 fully saturated rings. The number of aryl methyl sites for hydroxylation is 1. The Bertz CT molecular complexity index is 1020. The summed E-state index contributed by atoms with van der Waals surface area (Å²) < 4.78 is 46.6. The molecule has 0 aromatic heterocycles. The third-order valence-electron chi connectivity index (χ3n) is 5.18. The van der Waals surface area contributed by atoms with Crippen molar-refractivity contribution >= 4 is 21.6 Å². The molecule has 0 saturated carbocycles. The molecule has 1 N–H and O–H groups in total. The van der Waals surface area contributed by atoms with Crippen molar-refractivity contribution in [1.82, 2.24) is 9.62 Å². The fourth-order valence-electron chi connectivity index (χ4n) is 3.41. The van der Waals surface area contributed by atoms with Gasteiger partial charge >= 0.3 is 0 Å². The van der Waals surface area contributed by atoms with Gasteiger partial charge in [0.05, 0.1) is 10.6 Å². The van der Waals surface area contributed by atoms with Gasteiger partial charge in [0.1, 0.15) is 11.6 Å². The number of benzene rings is 2. The van der Waals surface area contributed by atoms with E-state index in [1.54, 1.807) is 36.1 Å². The van der Waals surface area contributed by atoms with Crippen molar-refractivity contribution in [2.45, 2.75) is 25.2 Å². The number of hydrogen-bond acceptors (Lipinski definition) is 5. The van der Waals surface area contributed by atoms with Crippen LogP contribution in [0.25, 0.3) is 0 Å². The molecule has 0 aliphatic carbocycles. The van der Waals surface area contributed by atoms with Crippen LogP contribution in [-0.2, 0) is 14.8 Å². The topological polar surface area (TPSA) is 78.9 Å². The largest absolute Gasteiger partial charge is 0.483 e. The molecule has 0 spiro atoms. The zero-order valence-corrected chi connectivity index (χ0v) is 18.6. The summed E-state index contributed by atoms with van der Waals surface area (Å²) in [7, 11) is -3.55. The second kappa shape index (κ2) is 10.1. The number of ether oxygens (including phenoxy) is 1. The average Bonchev–Trinajstić information content (AvgIpc) is 2.77. The van der Waals surface area contributed by atoms with Gasteiger partial charge in [-0.15, -0.1) is 0 Å². The van der Waals surface area contributed by atoms with Crippen LogP contribution in [-0.4, -0.2) is 58.6 Å². The number of sulfonamides is 1. The smallest absolute Gasteiger partial charge is 0.260 e. The van der Waals surface area contributed by atoms with Crippen molar-refractivity contribution in [2.24, 2.45) is 0 Å². The molecule has 7 nitrogen and oxygen atoms in total. The lowest BCUT2D eigenvalue weighted by atomic mass is 10.2. The second-order valence-electron chi connectivity index (χ2n) is 7.43. The quantitative estimate of drug-likeness (QED) is 0.670. The summed E-state index contributed by atoms with van der Waals surface area (Å²) in [6, 6.07) is 11.2. The van der Waals surface area contributed by atoms with Gasteiger partial charge in [-0.2, -0.15) is 0 Å². The van der Waals surface area contributed by atoms with E-state index in [1.165, 1.54) is 18.2 Å². The Kier molecular flexibility index (Phi) is 7.50. The van der Waals surface area contributed by atoms with Crippen LogP contribution in [0.2, 0.25) is 0 Å². The van der Waals surface area contributed by atoms with Gasteiger partial charge in [-0.3, -0.25) is 4.79 Å². The van der Waals surface area contributed by atoms with E-state index in [-0.39, 0.29) is 23.2 Å². The summed E-state index contributed by atoms with van der Waals surface area (Å²) >= 11 is 0. The SMILES string of the molecule is CCCNS(=O)(=O)c1ccc(OCC(=O)N2CCN(c3ccccc3F)CC2)c(C)c1. The molecular weight excluding hydrogens is 421 g/mol. The molecule has 1 saturated heterocycles. The van der Waals surface area contributed by atoms with Crippen molar-refractivity contribution in [1.29, 1.82) is 0 Å². The highest BCUT2D eigenvalue weighted by Gasteiger charge is 2.23. The van der Waals surface area contributed by atoms with Crippen molar-refractivity contribution in [3.8, 4) is 5.75 Å². The van der Waals surface area contributed by atoms with E-state index in [0.29, 0.717) is 56.1 Å². The van der Waals surface area contributed by atoms with Crippen LogP contribution >= 0.6 is 0 Å². The predicted molar refractivity (Wildman–Crippen MR) is 117 cm³/mol. The summed E-state index contributed by atoms with van der Waals surface area (Å²) in [6.07, 6.45) is 0.704. The lowest BCUT2D eigenvalue weighted by molar-refractivity contribution is -0.133. The lowest BCUT2D eigenvalue weighted by Crippen LogP contribution is -2.50. The van der Waals surface area contributed by atoms with Crippen LogP contribution in [0.15, 0.2) is 47.4 Å². The number of rotatable bonds is 8. The van der Waals surface area contributed by atoms with E-state index in [2.05, 4.69) is 4.72 Å². The summed E-state index contributed by atoms with van der Waals surface area (Å²) in [5.74, 6) is 0.0399. The summed E-state index contributed by atoms with van der Waals surface area (Å²) in [4.78, 5) is 16.3. The standard InChI is InChI=1S/C22H28FN3O4S/c1-3-10-24-31(28,29)18-8-9-21(17(2)15-18)30-16-22(27)26-13-11-25(12-14-26)20-7-5-4-6-19(20)23/h4-9,15,24H,3,10-14,16H2,1-2H3. The Morgan fingerprint density at radius 2 is 1.84 bits per heavy atom. The molecule has 0 unspecified atom stereocenters. The minimum Gasteiger partial charge on any atom is -0.483 e. The molecule has 2 aromatic carbocycles. The first-order valence-corrected chi connectivity index (χ1v) is 11.8. The summed E-state index contributed by atoms with van der Waals surface area (Å²) in [6.45, 7) is 5.92. The lowest BCUT2D eigenvalue weighted by Gasteiger charge is -2.36. The van der Waals surface area contributed by atoms with Crippen LogP contribution < -0.4 is 14.4 Å². The van der Waals surface area contributed by atoms with E-state index >= 15 is 0 Å². The van der Waals surface area contributed by atoms with Crippen molar-refractivity contribution < 1.29 is 22.3 Å².